The van der Waals surface area contributed by atoms with Crippen LogP contribution in [0, 0.1) is 17.9 Å². The first-order chi connectivity index (χ1) is 19.0. The molecule has 3 aliphatic rings. The summed E-state index contributed by atoms with van der Waals surface area (Å²) in [5.74, 6) is 0. The van der Waals surface area contributed by atoms with Crippen LogP contribution in [0.3, 0.4) is 0 Å². The van der Waals surface area contributed by atoms with Gasteiger partial charge in [0.25, 0.3) is 0 Å². The predicted molar refractivity (Wildman–Crippen MR) is 159 cm³/mol. The Morgan fingerprint density at radius 3 is 1.69 bits per heavy atom. The molecule has 9 rings (SSSR count). The number of benzene rings is 6. The standard InChI is InChI=1S/C37H20N2/c1-37(2)32-16-28-23-11-10-19(18-38)20-6-4-7-21(35(20)23)26(28)14-30(32)31-15-27-22-8-5-9-25-34(39-3)13-12-24(36(22)25)29(27)17-33(31)37/h4-17H,1-2H3. The Morgan fingerprint density at radius 1 is 0.590 bits per heavy atom. The zero-order valence-corrected chi connectivity index (χ0v) is 21.5. The molecule has 0 aromatic heterocycles. The average molecular weight is 493 g/mol. The zero-order chi connectivity index (χ0) is 26.2. The van der Waals surface area contributed by atoms with Crippen molar-refractivity contribution in [1.29, 1.82) is 5.26 Å². The van der Waals surface area contributed by atoms with Crippen molar-refractivity contribution >= 4 is 27.2 Å². The molecule has 6 aromatic rings. The summed E-state index contributed by atoms with van der Waals surface area (Å²) in [6, 6.07) is 32.9. The molecule has 178 valence electrons. The van der Waals surface area contributed by atoms with Gasteiger partial charge in [0.05, 0.1) is 18.2 Å². The quantitative estimate of drug-likeness (QED) is 0.194. The Bertz CT molecular complexity index is 2110. The topological polar surface area (TPSA) is 28.1 Å². The number of hydrogen-bond acceptors (Lipinski definition) is 1. The van der Waals surface area contributed by atoms with E-state index >= 15 is 0 Å². The van der Waals surface area contributed by atoms with Gasteiger partial charge >= 0.3 is 0 Å². The third-order valence-electron chi connectivity index (χ3n) is 9.41. The van der Waals surface area contributed by atoms with Gasteiger partial charge in [-0.25, -0.2) is 4.85 Å². The van der Waals surface area contributed by atoms with Gasteiger partial charge in [-0.3, -0.25) is 0 Å². The minimum Gasteiger partial charge on any atom is -0.238 e. The normalized spacial score (nSPS) is 14.1. The lowest BCUT2D eigenvalue weighted by Gasteiger charge is -2.23. The van der Waals surface area contributed by atoms with Gasteiger partial charge in [-0.1, -0.05) is 68.4 Å². The fourth-order valence-electron chi connectivity index (χ4n) is 7.61. The Kier molecular flexibility index (Phi) is 3.54. The molecule has 0 saturated carbocycles. The number of fused-ring (bicyclic) bond motifs is 9. The van der Waals surface area contributed by atoms with Crippen molar-refractivity contribution in [2.45, 2.75) is 19.3 Å². The second kappa shape index (κ2) is 6.63. The van der Waals surface area contributed by atoms with Gasteiger partial charge in [-0.15, -0.1) is 0 Å². The molecular weight excluding hydrogens is 472 g/mol. The van der Waals surface area contributed by atoms with Gasteiger partial charge in [0.2, 0.25) is 0 Å². The van der Waals surface area contributed by atoms with Crippen LogP contribution < -0.4 is 0 Å². The molecule has 0 fully saturated rings. The average Bonchev–Trinajstić information content (AvgIpc) is 3.53. The molecule has 0 atom stereocenters. The van der Waals surface area contributed by atoms with E-state index in [1.54, 1.807) is 0 Å². The predicted octanol–water partition coefficient (Wildman–Crippen LogP) is 10.0. The Hall–Kier alpha value is -5.18. The number of nitriles is 1. The van der Waals surface area contributed by atoms with Gasteiger partial charge < -0.3 is 0 Å². The maximum atomic E-state index is 9.73. The van der Waals surface area contributed by atoms with Crippen LogP contribution >= 0.6 is 0 Å². The highest BCUT2D eigenvalue weighted by atomic mass is 14.6. The van der Waals surface area contributed by atoms with Crippen molar-refractivity contribution in [3.63, 3.8) is 0 Å². The van der Waals surface area contributed by atoms with E-state index in [2.05, 4.69) is 97.6 Å². The van der Waals surface area contributed by atoms with Crippen molar-refractivity contribution < 1.29 is 0 Å². The molecule has 3 aliphatic carbocycles. The number of nitrogens with zero attached hydrogens (tertiary/aromatic N) is 2. The summed E-state index contributed by atoms with van der Waals surface area (Å²) >= 11 is 0. The molecule has 0 aliphatic heterocycles. The van der Waals surface area contributed by atoms with Crippen LogP contribution in [0.15, 0.2) is 84.9 Å². The Morgan fingerprint density at radius 2 is 1.10 bits per heavy atom. The molecular formula is C37H20N2. The van der Waals surface area contributed by atoms with Crippen molar-refractivity contribution in [2.24, 2.45) is 0 Å². The molecule has 0 radical (unpaired) electrons. The van der Waals surface area contributed by atoms with Crippen LogP contribution in [0.4, 0.5) is 5.69 Å². The molecule has 2 nitrogen and oxygen atoms in total. The number of rotatable bonds is 0. The minimum absolute atomic E-state index is 0.153. The van der Waals surface area contributed by atoms with Gasteiger partial charge in [0.1, 0.15) is 0 Å². The highest BCUT2D eigenvalue weighted by Gasteiger charge is 2.39. The van der Waals surface area contributed by atoms with E-state index < -0.39 is 0 Å². The fourth-order valence-corrected chi connectivity index (χ4v) is 7.61. The molecule has 2 heteroatoms. The van der Waals surface area contributed by atoms with E-state index in [0.717, 1.165) is 16.3 Å². The third kappa shape index (κ3) is 2.28. The summed E-state index contributed by atoms with van der Waals surface area (Å²) in [5.41, 5.74) is 16.5. The van der Waals surface area contributed by atoms with E-state index in [4.69, 9.17) is 6.57 Å². The second-order valence-corrected chi connectivity index (χ2v) is 11.5. The summed E-state index contributed by atoms with van der Waals surface area (Å²) in [4.78, 5) is 3.80. The third-order valence-corrected chi connectivity index (χ3v) is 9.41. The molecule has 0 unspecified atom stereocenters. The van der Waals surface area contributed by atoms with Crippen LogP contribution in [0.25, 0.3) is 82.0 Å². The van der Waals surface area contributed by atoms with Gasteiger partial charge in [0.15, 0.2) is 5.69 Å². The van der Waals surface area contributed by atoms with Crippen LogP contribution in [0.2, 0.25) is 0 Å². The molecule has 0 heterocycles. The highest BCUT2D eigenvalue weighted by Crippen LogP contribution is 2.59. The van der Waals surface area contributed by atoms with Crippen LogP contribution in [0.1, 0.15) is 30.5 Å². The monoisotopic (exact) mass is 492 g/mol. The van der Waals surface area contributed by atoms with E-state index in [-0.39, 0.29) is 5.41 Å². The fraction of sp³-hybridized carbons (Fsp3) is 0.0811. The first kappa shape index (κ1) is 20.8. The lowest BCUT2D eigenvalue weighted by Crippen LogP contribution is -2.15. The maximum Gasteiger partial charge on any atom is 0.194 e. The van der Waals surface area contributed by atoms with E-state index in [1.807, 2.05) is 12.1 Å². The molecule has 0 bridgehead atoms. The number of hydrogen-bond donors (Lipinski definition) is 0. The van der Waals surface area contributed by atoms with Crippen LogP contribution in [-0.2, 0) is 5.41 Å². The Labute approximate surface area is 226 Å². The molecule has 0 spiro atoms. The largest absolute Gasteiger partial charge is 0.238 e. The van der Waals surface area contributed by atoms with Crippen molar-refractivity contribution in [1.82, 2.24) is 0 Å². The van der Waals surface area contributed by atoms with Gasteiger partial charge in [-0.05, 0) is 113 Å². The Balaban J connectivity index is 1.33. The van der Waals surface area contributed by atoms with Crippen LogP contribution in [0.5, 0.6) is 0 Å². The second-order valence-electron chi connectivity index (χ2n) is 11.5. The van der Waals surface area contributed by atoms with E-state index in [0.29, 0.717) is 5.69 Å². The molecule has 0 amide bonds. The van der Waals surface area contributed by atoms with Crippen molar-refractivity contribution in [3.05, 3.63) is 113 Å². The maximum absolute atomic E-state index is 9.73. The SMILES string of the molecule is [C-]#[N+]c1ccc2c3c(cccc13)-c1cc3c(cc1-2)C(C)(C)c1cc2c(cc1-3)-c1cccc3c(C#N)ccc-2c13. The summed E-state index contributed by atoms with van der Waals surface area (Å²) in [6.07, 6.45) is 0. The molecule has 6 aromatic carbocycles. The van der Waals surface area contributed by atoms with Crippen molar-refractivity contribution in [2.75, 3.05) is 0 Å². The lowest BCUT2D eigenvalue weighted by atomic mass is 9.80. The van der Waals surface area contributed by atoms with Gasteiger partial charge in [0, 0.05) is 10.8 Å². The zero-order valence-electron chi connectivity index (χ0n) is 21.5. The van der Waals surface area contributed by atoms with E-state index in [9.17, 15) is 5.26 Å². The summed E-state index contributed by atoms with van der Waals surface area (Å²) in [7, 11) is 0. The first-order valence-electron chi connectivity index (χ1n) is 13.3. The van der Waals surface area contributed by atoms with Crippen LogP contribution in [-0.4, -0.2) is 0 Å². The smallest absolute Gasteiger partial charge is 0.194 e. The van der Waals surface area contributed by atoms with Gasteiger partial charge in [-0.2, -0.15) is 5.26 Å². The minimum atomic E-state index is -0.153. The molecule has 0 N–H and O–H groups in total. The highest BCUT2D eigenvalue weighted by molar-refractivity contribution is 6.20. The van der Waals surface area contributed by atoms with E-state index in [1.165, 1.54) is 77.5 Å². The summed E-state index contributed by atoms with van der Waals surface area (Å²) in [6.45, 7) is 12.4. The summed E-state index contributed by atoms with van der Waals surface area (Å²) in [5, 5.41) is 14.2. The first-order valence-corrected chi connectivity index (χ1v) is 13.3. The molecule has 39 heavy (non-hydrogen) atoms. The summed E-state index contributed by atoms with van der Waals surface area (Å²) < 4.78 is 0. The van der Waals surface area contributed by atoms with Crippen molar-refractivity contribution in [3.8, 4) is 61.7 Å². The lowest BCUT2D eigenvalue weighted by molar-refractivity contribution is 0.661. The molecule has 0 saturated heterocycles.